The third kappa shape index (κ3) is 5.46. The van der Waals surface area contributed by atoms with E-state index in [1.165, 1.54) is 11.3 Å². The van der Waals surface area contributed by atoms with Crippen molar-refractivity contribution in [3.63, 3.8) is 0 Å². The van der Waals surface area contributed by atoms with Gasteiger partial charge in [-0.3, -0.25) is 10.1 Å². The van der Waals surface area contributed by atoms with Crippen LogP contribution in [0.5, 0.6) is 5.75 Å². The summed E-state index contributed by atoms with van der Waals surface area (Å²) in [5.74, 6) is 0.568. The van der Waals surface area contributed by atoms with Gasteiger partial charge in [0, 0.05) is 23.2 Å². The number of rotatable bonds is 6. The van der Waals surface area contributed by atoms with Gasteiger partial charge in [0.2, 0.25) is 0 Å². The SMILES string of the molecule is COc1ccc(-c2cc(C(=O)NC3CCCNC3)c(NC(=O)Nc3ccccc3)s2)cc1. The Bertz CT molecular complexity index is 1060. The first-order valence-corrected chi connectivity index (χ1v) is 11.4. The number of urea groups is 1. The number of piperidine rings is 1. The molecule has 1 unspecified atom stereocenters. The van der Waals surface area contributed by atoms with Crippen LogP contribution in [-0.2, 0) is 0 Å². The van der Waals surface area contributed by atoms with Gasteiger partial charge in [-0.25, -0.2) is 4.79 Å². The molecule has 1 fully saturated rings. The van der Waals surface area contributed by atoms with Crippen molar-refractivity contribution < 1.29 is 14.3 Å². The van der Waals surface area contributed by atoms with Crippen molar-refractivity contribution in [2.45, 2.75) is 18.9 Å². The van der Waals surface area contributed by atoms with Crippen molar-refractivity contribution in [2.75, 3.05) is 30.8 Å². The number of nitrogens with one attached hydrogen (secondary N) is 4. The fourth-order valence-electron chi connectivity index (χ4n) is 3.58. The Morgan fingerprint density at radius 1 is 1.06 bits per heavy atom. The first-order valence-electron chi connectivity index (χ1n) is 10.6. The second kappa shape index (κ2) is 10.3. The Hall–Kier alpha value is -3.36. The monoisotopic (exact) mass is 450 g/mol. The molecule has 4 N–H and O–H groups in total. The molecule has 2 aromatic carbocycles. The molecule has 166 valence electrons. The molecule has 0 saturated carbocycles. The smallest absolute Gasteiger partial charge is 0.324 e. The minimum Gasteiger partial charge on any atom is -0.497 e. The van der Waals surface area contributed by atoms with Crippen LogP contribution in [0.2, 0.25) is 0 Å². The summed E-state index contributed by atoms with van der Waals surface area (Å²) in [7, 11) is 1.62. The van der Waals surface area contributed by atoms with Gasteiger partial charge < -0.3 is 20.7 Å². The molecule has 7 nitrogen and oxygen atoms in total. The molecule has 1 saturated heterocycles. The number of anilines is 2. The summed E-state index contributed by atoms with van der Waals surface area (Å²) in [5.41, 5.74) is 2.08. The molecule has 4 rings (SSSR count). The largest absolute Gasteiger partial charge is 0.497 e. The highest BCUT2D eigenvalue weighted by atomic mass is 32.1. The number of hydrogen-bond donors (Lipinski definition) is 4. The summed E-state index contributed by atoms with van der Waals surface area (Å²) < 4.78 is 5.23. The lowest BCUT2D eigenvalue weighted by atomic mass is 10.1. The Morgan fingerprint density at radius 2 is 1.84 bits per heavy atom. The Morgan fingerprint density at radius 3 is 2.53 bits per heavy atom. The number of hydrogen-bond acceptors (Lipinski definition) is 5. The normalized spacial score (nSPS) is 15.6. The van der Waals surface area contributed by atoms with Crippen LogP contribution < -0.4 is 26.0 Å². The molecule has 3 aromatic rings. The third-order valence-electron chi connectivity index (χ3n) is 5.24. The Labute approximate surface area is 191 Å². The van der Waals surface area contributed by atoms with Gasteiger partial charge in [0.25, 0.3) is 5.91 Å². The van der Waals surface area contributed by atoms with E-state index >= 15 is 0 Å². The van der Waals surface area contributed by atoms with Crippen molar-refractivity contribution in [3.05, 3.63) is 66.2 Å². The van der Waals surface area contributed by atoms with Crippen molar-refractivity contribution in [3.8, 4) is 16.2 Å². The number of para-hydroxylation sites is 1. The lowest BCUT2D eigenvalue weighted by molar-refractivity contribution is 0.0932. The lowest BCUT2D eigenvalue weighted by Gasteiger charge is -2.23. The molecule has 0 bridgehead atoms. The van der Waals surface area contributed by atoms with Crippen LogP contribution in [-0.4, -0.2) is 38.2 Å². The molecule has 3 amide bonds. The van der Waals surface area contributed by atoms with Crippen molar-refractivity contribution in [1.82, 2.24) is 10.6 Å². The summed E-state index contributed by atoms with van der Waals surface area (Å²) in [6.07, 6.45) is 1.96. The first-order chi connectivity index (χ1) is 15.6. The molecule has 32 heavy (non-hydrogen) atoms. The fourth-order valence-corrected chi connectivity index (χ4v) is 4.63. The fraction of sp³-hybridized carbons (Fsp3) is 0.250. The van der Waals surface area contributed by atoms with Crippen LogP contribution in [0, 0.1) is 0 Å². The molecular weight excluding hydrogens is 424 g/mol. The Balaban J connectivity index is 1.57. The number of ether oxygens (including phenoxy) is 1. The number of thiophene rings is 1. The zero-order valence-corrected chi connectivity index (χ0v) is 18.6. The first kappa shape index (κ1) is 21.9. The van der Waals surface area contributed by atoms with Crippen LogP contribution in [0.25, 0.3) is 10.4 Å². The summed E-state index contributed by atoms with van der Waals surface area (Å²) in [4.78, 5) is 26.6. The summed E-state index contributed by atoms with van der Waals surface area (Å²) in [6.45, 7) is 1.72. The molecule has 0 aliphatic carbocycles. The van der Waals surface area contributed by atoms with Crippen LogP contribution in [0.1, 0.15) is 23.2 Å². The highest BCUT2D eigenvalue weighted by Crippen LogP contribution is 2.36. The number of carbonyl (C=O) groups is 2. The molecule has 0 spiro atoms. The van der Waals surface area contributed by atoms with Crippen LogP contribution in [0.3, 0.4) is 0 Å². The van der Waals surface area contributed by atoms with Crippen LogP contribution in [0.4, 0.5) is 15.5 Å². The Kier molecular flexibility index (Phi) is 7.03. The van der Waals surface area contributed by atoms with E-state index in [1.54, 1.807) is 19.2 Å². The van der Waals surface area contributed by atoms with E-state index < -0.39 is 6.03 Å². The van der Waals surface area contributed by atoms with Crippen molar-refractivity contribution in [1.29, 1.82) is 0 Å². The molecule has 2 heterocycles. The number of amides is 3. The maximum absolute atomic E-state index is 13.1. The lowest BCUT2D eigenvalue weighted by Crippen LogP contribution is -2.45. The number of carbonyl (C=O) groups excluding carboxylic acids is 2. The molecule has 0 radical (unpaired) electrons. The van der Waals surface area contributed by atoms with E-state index in [-0.39, 0.29) is 11.9 Å². The van der Waals surface area contributed by atoms with Gasteiger partial charge in [-0.15, -0.1) is 11.3 Å². The highest BCUT2D eigenvalue weighted by Gasteiger charge is 2.22. The average molecular weight is 451 g/mol. The topological polar surface area (TPSA) is 91.5 Å². The van der Waals surface area contributed by atoms with E-state index in [4.69, 9.17) is 4.74 Å². The molecule has 1 aliphatic heterocycles. The van der Waals surface area contributed by atoms with Gasteiger partial charge in [-0.2, -0.15) is 0 Å². The highest BCUT2D eigenvalue weighted by molar-refractivity contribution is 7.20. The van der Waals surface area contributed by atoms with Gasteiger partial charge in [-0.1, -0.05) is 18.2 Å². The zero-order valence-electron chi connectivity index (χ0n) is 17.8. The second-order valence-electron chi connectivity index (χ2n) is 7.54. The van der Waals surface area contributed by atoms with Gasteiger partial charge in [-0.05, 0) is 67.4 Å². The van der Waals surface area contributed by atoms with E-state index in [1.807, 2.05) is 48.5 Å². The molecule has 1 aliphatic rings. The molecular formula is C24H26N4O3S. The minimum atomic E-state index is -0.396. The minimum absolute atomic E-state index is 0.0755. The van der Waals surface area contributed by atoms with Crippen molar-refractivity contribution in [2.24, 2.45) is 0 Å². The maximum Gasteiger partial charge on any atom is 0.324 e. The van der Waals surface area contributed by atoms with E-state index in [2.05, 4.69) is 21.3 Å². The van der Waals surface area contributed by atoms with E-state index in [9.17, 15) is 9.59 Å². The van der Waals surface area contributed by atoms with Crippen LogP contribution >= 0.6 is 11.3 Å². The third-order valence-corrected chi connectivity index (χ3v) is 6.34. The summed E-state index contributed by atoms with van der Waals surface area (Å²) in [5, 5.41) is 12.6. The molecule has 8 heteroatoms. The maximum atomic E-state index is 13.1. The zero-order chi connectivity index (χ0) is 22.3. The predicted octanol–water partition coefficient (Wildman–Crippen LogP) is 4.55. The standard InChI is InChI=1S/C24H26N4O3S/c1-31-19-11-9-16(10-12-19)21-14-20(22(29)26-18-8-5-13-25-15-18)23(32-21)28-24(30)27-17-6-3-2-4-7-17/h2-4,6-7,9-12,14,18,25H,5,8,13,15H2,1H3,(H,26,29)(H2,27,28,30). The number of methoxy groups -OCH3 is 1. The van der Waals surface area contributed by atoms with Crippen molar-refractivity contribution >= 4 is 34.0 Å². The van der Waals surface area contributed by atoms with Gasteiger partial charge in [0.15, 0.2) is 0 Å². The summed E-state index contributed by atoms with van der Waals surface area (Å²) >= 11 is 1.37. The number of benzene rings is 2. The van der Waals surface area contributed by atoms with E-state index in [0.717, 1.165) is 42.1 Å². The van der Waals surface area contributed by atoms with Crippen LogP contribution in [0.15, 0.2) is 60.7 Å². The van der Waals surface area contributed by atoms with Gasteiger partial charge in [0.1, 0.15) is 10.8 Å². The summed E-state index contributed by atoms with van der Waals surface area (Å²) in [6, 6.07) is 18.3. The predicted molar refractivity (Wildman–Crippen MR) is 129 cm³/mol. The molecule has 1 atom stereocenters. The average Bonchev–Trinajstić information content (AvgIpc) is 3.24. The van der Waals surface area contributed by atoms with Gasteiger partial charge in [0.05, 0.1) is 12.7 Å². The van der Waals surface area contributed by atoms with Gasteiger partial charge >= 0.3 is 6.03 Å². The van der Waals surface area contributed by atoms with E-state index in [0.29, 0.717) is 16.3 Å². The second-order valence-corrected chi connectivity index (χ2v) is 8.60. The quantitative estimate of drug-likeness (QED) is 0.443. The molecule has 1 aromatic heterocycles.